The van der Waals surface area contributed by atoms with Crippen LogP contribution >= 0.6 is 23.2 Å². The zero-order chi connectivity index (χ0) is 30.7. The van der Waals surface area contributed by atoms with Gasteiger partial charge in [-0.1, -0.05) is 48.9 Å². The third-order valence-electron chi connectivity index (χ3n) is 6.22. The minimum absolute atomic E-state index is 0.0492. The predicted molar refractivity (Wildman–Crippen MR) is 166 cm³/mol. The molecule has 0 saturated heterocycles. The number of nitrogens with one attached hydrogen (secondary N) is 1. The molecular weight excluding hydrogens is 621 g/mol. The minimum Gasteiger partial charge on any atom is -0.493 e. The van der Waals surface area contributed by atoms with E-state index in [2.05, 4.69) is 29.5 Å². The van der Waals surface area contributed by atoms with Gasteiger partial charge in [-0.25, -0.2) is 13.1 Å². The SMILES string of the molecule is COc1cc(CC(=O)O)ccc1Oc1ccc2c(cnn2COCC[Si](C)(C)C)c1NS(=O)(=O)c1ccc(Cl)cc1Cl. The van der Waals surface area contributed by atoms with Gasteiger partial charge in [0.25, 0.3) is 10.0 Å². The van der Waals surface area contributed by atoms with Crippen molar-refractivity contribution in [3.05, 3.63) is 70.3 Å². The average Bonchev–Trinajstić information content (AvgIpc) is 3.30. The van der Waals surface area contributed by atoms with Gasteiger partial charge >= 0.3 is 5.97 Å². The summed E-state index contributed by atoms with van der Waals surface area (Å²) < 4.78 is 48.8. The lowest BCUT2D eigenvalue weighted by atomic mass is 10.1. The first-order valence-electron chi connectivity index (χ1n) is 12.9. The summed E-state index contributed by atoms with van der Waals surface area (Å²) >= 11 is 12.2. The van der Waals surface area contributed by atoms with Crippen LogP contribution in [0.25, 0.3) is 10.9 Å². The molecule has 0 fully saturated rings. The van der Waals surface area contributed by atoms with E-state index in [0.717, 1.165) is 6.04 Å². The fourth-order valence-electron chi connectivity index (χ4n) is 4.04. The molecule has 0 bridgehead atoms. The van der Waals surface area contributed by atoms with Crippen molar-refractivity contribution in [2.24, 2.45) is 0 Å². The van der Waals surface area contributed by atoms with Gasteiger partial charge in [0.05, 0.1) is 30.3 Å². The number of hydrogen-bond donors (Lipinski definition) is 2. The number of ether oxygens (including phenoxy) is 3. The summed E-state index contributed by atoms with van der Waals surface area (Å²) in [5.41, 5.74) is 1.23. The van der Waals surface area contributed by atoms with Gasteiger partial charge in [-0.2, -0.15) is 5.10 Å². The van der Waals surface area contributed by atoms with Crippen molar-refractivity contribution in [2.75, 3.05) is 18.4 Å². The topological polar surface area (TPSA) is 129 Å². The normalized spacial score (nSPS) is 12.0. The molecule has 0 unspecified atom stereocenters. The van der Waals surface area contributed by atoms with Crippen molar-refractivity contribution < 1.29 is 32.5 Å². The summed E-state index contributed by atoms with van der Waals surface area (Å²) in [4.78, 5) is 11.0. The van der Waals surface area contributed by atoms with Gasteiger partial charge in [-0.05, 0) is 54.1 Å². The highest BCUT2D eigenvalue weighted by Crippen LogP contribution is 2.41. The zero-order valence-electron chi connectivity index (χ0n) is 23.5. The predicted octanol–water partition coefficient (Wildman–Crippen LogP) is 6.88. The first-order valence-corrected chi connectivity index (χ1v) is 18.8. The van der Waals surface area contributed by atoms with E-state index < -0.39 is 24.1 Å². The van der Waals surface area contributed by atoms with E-state index in [1.54, 1.807) is 35.0 Å². The molecule has 0 saturated carbocycles. The van der Waals surface area contributed by atoms with Crippen LogP contribution in [0.5, 0.6) is 17.2 Å². The lowest BCUT2D eigenvalue weighted by Gasteiger charge is -2.17. The number of methoxy groups -OCH3 is 1. The van der Waals surface area contributed by atoms with Crippen LogP contribution in [0.2, 0.25) is 35.7 Å². The Morgan fingerprint density at radius 1 is 1.05 bits per heavy atom. The van der Waals surface area contributed by atoms with Gasteiger partial charge in [0.1, 0.15) is 17.3 Å². The van der Waals surface area contributed by atoms with Gasteiger partial charge in [0.2, 0.25) is 0 Å². The summed E-state index contributed by atoms with van der Waals surface area (Å²) in [6.45, 7) is 7.57. The molecule has 2 N–H and O–H groups in total. The number of benzene rings is 3. The van der Waals surface area contributed by atoms with Crippen LogP contribution in [0.15, 0.2) is 59.6 Å². The van der Waals surface area contributed by atoms with Gasteiger partial charge in [-0.3, -0.25) is 9.52 Å². The van der Waals surface area contributed by atoms with Crippen LogP contribution in [0, 0.1) is 0 Å². The fraction of sp³-hybridized carbons (Fsp3) is 0.286. The molecule has 0 aliphatic heterocycles. The third-order valence-corrected chi connectivity index (χ3v) is 9.99. The second-order valence-corrected chi connectivity index (χ2v) is 18.8. The Morgan fingerprint density at radius 3 is 2.45 bits per heavy atom. The monoisotopic (exact) mass is 651 g/mol. The van der Waals surface area contributed by atoms with Crippen molar-refractivity contribution in [1.29, 1.82) is 0 Å². The molecule has 0 aliphatic rings. The Labute approximate surface area is 255 Å². The molecule has 0 radical (unpaired) electrons. The molecule has 4 aromatic rings. The summed E-state index contributed by atoms with van der Waals surface area (Å²) in [5, 5.41) is 14.3. The maximum atomic E-state index is 13.5. The van der Waals surface area contributed by atoms with Crippen molar-refractivity contribution in [3.63, 3.8) is 0 Å². The maximum absolute atomic E-state index is 13.5. The Morgan fingerprint density at radius 2 is 1.79 bits per heavy atom. The van der Waals surface area contributed by atoms with Crippen LogP contribution < -0.4 is 14.2 Å². The molecular formula is C28H31Cl2N3O7SSi. The molecule has 10 nitrogen and oxygen atoms in total. The molecule has 0 amide bonds. The molecule has 0 aliphatic carbocycles. The van der Waals surface area contributed by atoms with Gasteiger partial charge < -0.3 is 19.3 Å². The quantitative estimate of drug-likeness (QED) is 0.118. The fourth-order valence-corrected chi connectivity index (χ4v) is 6.66. The smallest absolute Gasteiger partial charge is 0.307 e. The number of sulfonamides is 1. The van der Waals surface area contributed by atoms with Crippen LogP contribution in [0.3, 0.4) is 0 Å². The standard InChI is InChI=1S/C28H31Cl2N3O7SSi/c1-38-25-13-18(14-27(34)35)5-8-23(25)40-24-9-7-22-20(16-31-33(22)17-39-11-12-42(2,3)4)28(24)32-41(36,37)26-10-6-19(29)15-21(26)30/h5-10,13,15-16,32H,11-12,14,17H2,1-4H3,(H,34,35). The largest absolute Gasteiger partial charge is 0.493 e. The Kier molecular flexibility index (Phi) is 9.73. The average molecular weight is 653 g/mol. The summed E-state index contributed by atoms with van der Waals surface area (Å²) in [6, 6.07) is 13.1. The van der Waals surface area contributed by atoms with Crippen molar-refractivity contribution in [2.45, 2.75) is 43.7 Å². The number of aliphatic carboxylic acids is 1. The molecule has 4 rings (SSSR count). The molecule has 42 heavy (non-hydrogen) atoms. The van der Waals surface area contributed by atoms with E-state index >= 15 is 0 Å². The van der Waals surface area contributed by atoms with E-state index in [1.165, 1.54) is 31.5 Å². The summed E-state index contributed by atoms with van der Waals surface area (Å²) in [7, 11) is -4.07. The van der Waals surface area contributed by atoms with Crippen molar-refractivity contribution in [1.82, 2.24) is 9.78 Å². The highest BCUT2D eigenvalue weighted by atomic mass is 35.5. The van der Waals surface area contributed by atoms with Crippen LogP contribution in [0.4, 0.5) is 5.69 Å². The number of rotatable bonds is 13. The number of carboxylic acid groups (broad SMARTS) is 1. The lowest BCUT2D eigenvalue weighted by Crippen LogP contribution is -2.22. The van der Waals surface area contributed by atoms with Crippen LogP contribution in [-0.4, -0.2) is 51.1 Å². The minimum atomic E-state index is -4.21. The van der Waals surface area contributed by atoms with Crippen molar-refractivity contribution >= 4 is 63.9 Å². The first kappa shape index (κ1) is 31.6. The highest BCUT2D eigenvalue weighted by molar-refractivity contribution is 7.92. The number of aromatic nitrogens is 2. The van der Waals surface area contributed by atoms with E-state index in [9.17, 15) is 13.2 Å². The van der Waals surface area contributed by atoms with Gasteiger partial charge in [-0.15, -0.1) is 0 Å². The number of carbonyl (C=O) groups is 1. The molecule has 3 aromatic carbocycles. The number of halogens is 2. The number of nitrogens with zero attached hydrogens (tertiary/aromatic N) is 2. The van der Waals surface area contributed by atoms with Gasteiger partial charge in [0.15, 0.2) is 17.2 Å². The Hall–Kier alpha value is -3.29. The van der Waals surface area contributed by atoms with E-state index in [0.29, 0.717) is 28.1 Å². The molecule has 0 atom stereocenters. The van der Waals surface area contributed by atoms with Crippen LogP contribution in [0.1, 0.15) is 5.56 Å². The summed E-state index contributed by atoms with van der Waals surface area (Å²) in [6.07, 6.45) is 1.33. The zero-order valence-corrected chi connectivity index (χ0v) is 26.8. The van der Waals surface area contributed by atoms with Gasteiger partial charge in [0, 0.05) is 25.1 Å². The number of carboxylic acids is 1. The first-order chi connectivity index (χ1) is 19.8. The van der Waals surface area contributed by atoms with E-state index in [4.69, 9.17) is 42.5 Å². The molecule has 1 heterocycles. The second-order valence-electron chi connectivity index (χ2n) is 10.7. The molecule has 14 heteroatoms. The third kappa shape index (κ3) is 7.75. The molecule has 0 spiro atoms. The highest BCUT2D eigenvalue weighted by Gasteiger charge is 2.24. The Balaban J connectivity index is 1.75. The number of fused-ring (bicyclic) bond motifs is 1. The molecule has 1 aromatic heterocycles. The second kappa shape index (κ2) is 12.9. The van der Waals surface area contributed by atoms with Crippen molar-refractivity contribution in [3.8, 4) is 17.2 Å². The molecule has 224 valence electrons. The number of anilines is 1. The number of hydrogen-bond acceptors (Lipinski definition) is 7. The summed E-state index contributed by atoms with van der Waals surface area (Å²) in [5.74, 6) is -0.317. The van der Waals surface area contributed by atoms with Crippen LogP contribution in [-0.2, 0) is 32.7 Å². The Bertz CT molecular complexity index is 1720. The maximum Gasteiger partial charge on any atom is 0.307 e. The van der Waals surface area contributed by atoms with E-state index in [-0.39, 0.29) is 46.0 Å². The lowest BCUT2D eigenvalue weighted by molar-refractivity contribution is -0.136. The van der Waals surface area contributed by atoms with E-state index in [1.807, 2.05) is 0 Å².